The second kappa shape index (κ2) is 19.4. The highest BCUT2D eigenvalue weighted by atomic mass is 16.5. The third-order valence-corrected chi connectivity index (χ3v) is 10.0. The molecule has 3 fully saturated rings. The molecule has 0 amide bonds. The lowest BCUT2D eigenvalue weighted by atomic mass is 10.1. The molecule has 3 saturated heterocycles. The molecule has 0 atom stereocenters. The van der Waals surface area contributed by atoms with E-state index in [9.17, 15) is 0 Å². The van der Waals surface area contributed by atoms with Crippen molar-refractivity contribution in [3.8, 4) is 11.5 Å². The lowest BCUT2D eigenvalue weighted by Gasteiger charge is -2.34. The summed E-state index contributed by atoms with van der Waals surface area (Å²) in [6, 6.07) is 19.3. The number of anilines is 6. The Bertz CT molecular complexity index is 1370. The standard InChI is InChI=1S/2C13H21N3O.C13H21N3/c2*1-14-12-10-11(4-5-13(12)17-3)16-8-6-15(2)7-9-16;1-11-4-5-12(10-13(11)14-2)16-8-6-15(3)7-9-16/h2*4-5,10,14H,6-9H2,1-3H3;4-5,10,14H,6-9H2,1-3H3. The zero-order chi connectivity index (χ0) is 36.0. The van der Waals surface area contributed by atoms with Crippen LogP contribution in [0.25, 0.3) is 0 Å². The molecule has 276 valence electrons. The van der Waals surface area contributed by atoms with E-state index in [1.54, 1.807) is 14.2 Å². The van der Waals surface area contributed by atoms with Gasteiger partial charge in [-0.15, -0.1) is 0 Å². The number of piperazine rings is 3. The van der Waals surface area contributed by atoms with Gasteiger partial charge in [0, 0.05) is 122 Å². The molecule has 6 rings (SSSR count). The van der Waals surface area contributed by atoms with Crippen LogP contribution in [0.15, 0.2) is 54.6 Å². The minimum Gasteiger partial charge on any atom is -0.495 e. The summed E-state index contributed by atoms with van der Waals surface area (Å²) in [6.45, 7) is 15.6. The summed E-state index contributed by atoms with van der Waals surface area (Å²) in [4.78, 5) is 14.4. The summed E-state index contributed by atoms with van der Waals surface area (Å²) >= 11 is 0. The van der Waals surface area contributed by atoms with Gasteiger partial charge in [-0.05, 0) is 82.2 Å². The molecule has 3 aliphatic rings. The summed E-state index contributed by atoms with van der Waals surface area (Å²) < 4.78 is 10.6. The zero-order valence-corrected chi connectivity index (χ0v) is 32.2. The van der Waals surface area contributed by atoms with Crippen molar-refractivity contribution in [3.63, 3.8) is 0 Å². The van der Waals surface area contributed by atoms with Gasteiger partial charge in [0.25, 0.3) is 0 Å². The van der Waals surface area contributed by atoms with Crippen molar-refractivity contribution in [2.75, 3.05) is 166 Å². The van der Waals surface area contributed by atoms with Crippen molar-refractivity contribution in [2.24, 2.45) is 0 Å². The van der Waals surface area contributed by atoms with Crippen molar-refractivity contribution < 1.29 is 9.47 Å². The van der Waals surface area contributed by atoms with Gasteiger partial charge in [0.05, 0.1) is 25.6 Å². The predicted octanol–water partition coefficient (Wildman–Crippen LogP) is 4.77. The van der Waals surface area contributed by atoms with Gasteiger partial charge in [-0.1, -0.05) is 6.07 Å². The van der Waals surface area contributed by atoms with E-state index in [-0.39, 0.29) is 0 Å². The molecule has 11 nitrogen and oxygen atoms in total. The highest BCUT2D eigenvalue weighted by molar-refractivity contribution is 5.67. The summed E-state index contributed by atoms with van der Waals surface area (Å²) in [7, 11) is 15.8. The summed E-state index contributed by atoms with van der Waals surface area (Å²) in [5, 5.41) is 9.59. The Balaban J connectivity index is 0.000000169. The Morgan fingerprint density at radius 2 is 0.740 bits per heavy atom. The van der Waals surface area contributed by atoms with E-state index in [4.69, 9.17) is 9.47 Å². The maximum absolute atomic E-state index is 5.31. The average Bonchev–Trinajstić information content (AvgIpc) is 3.16. The van der Waals surface area contributed by atoms with Gasteiger partial charge in [-0.2, -0.15) is 0 Å². The third kappa shape index (κ3) is 10.7. The summed E-state index contributed by atoms with van der Waals surface area (Å²) in [5.41, 5.74) is 8.50. The highest BCUT2D eigenvalue weighted by Gasteiger charge is 2.17. The number of aryl methyl sites for hydroxylation is 1. The van der Waals surface area contributed by atoms with E-state index in [1.165, 1.54) is 28.3 Å². The molecule has 3 heterocycles. The summed E-state index contributed by atoms with van der Waals surface area (Å²) in [5.74, 6) is 1.79. The van der Waals surface area contributed by atoms with Crippen LogP contribution in [0.3, 0.4) is 0 Å². The molecule has 0 aliphatic carbocycles. The second-order valence-electron chi connectivity index (χ2n) is 13.4. The SMILES string of the molecule is CNc1cc(N2CCN(C)CC2)ccc1C.CNc1cc(N2CCN(C)CC2)ccc1OC.CNc1cc(N2CCN(C)CC2)ccc1OC. The Kier molecular flexibility index (Phi) is 15.0. The second-order valence-corrected chi connectivity index (χ2v) is 13.4. The number of hydrogen-bond acceptors (Lipinski definition) is 11. The van der Waals surface area contributed by atoms with E-state index in [0.29, 0.717) is 0 Å². The molecule has 0 unspecified atom stereocenters. The normalized spacial score (nSPS) is 17.2. The smallest absolute Gasteiger partial charge is 0.142 e. The maximum atomic E-state index is 5.31. The van der Waals surface area contributed by atoms with Gasteiger partial charge in [-0.25, -0.2) is 0 Å². The molecule has 0 aromatic heterocycles. The first-order valence-corrected chi connectivity index (χ1v) is 18.0. The van der Waals surface area contributed by atoms with E-state index in [2.05, 4.69) is 116 Å². The fraction of sp³-hybridized carbons (Fsp3) is 0.538. The Hall–Kier alpha value is -4.06. The molecule has 3 aromatic rings. The van der Waals surface area contributed by atoms with Crippen molar-refractivity contribution in [1.29, 1.82) is 0 Å². The van der Waals surface area contributed by atoms with Gasteiger partial charge in [0.15, 0.2) is 0 Å². The number of nitrogens with one attached hydrogen (secondary N) is 3. The number of nitrogens with zero attached hydrogens (tertiary/aromatic N) is 6. The van der Waals surface area contributed by atoms with E-state index in [0.717, 1.165) is 101 Å². The first-order valence-electron chi connectivity index (χ1n) is 18.0. The lowest BCUT2D eigenvalue weighted by molar-refractivity contribution is 0.313. The van der Waals surface area contributed by atoms with Gasteiger partial charge in [0.2, 0.25) is 0 Å². The minimum atomic E-state index is 0.894. The lowest BCUT2D eigenvalue weighted by Crippen LogP contribution is -2.44. The van der Waals surface area contributed by atoms with E-state index >= 15 is 0 Å². The first kappa shape index (κ1) is 38.7. The molecule has 0 radical (unpaired) electrons. The van der Waals surface area contributed by atoms with Crippen molar-refractivity contribution in [1.82, 2.24) is 14.7 Å². The zero-order valence-electron chi connectivity index (χ0n) is 32.2. The number of benzene rings is 3. The molecule has 50 heavy (non-hydrogen) atoms. The monoisotopic (exact) mass is 690 g/mol. The van der Waals surface area contributed by atoms with Crippen molar-refractivity contribution in [3.05, 3.63) is 60.2 Å². The maximum Gasteiger partial charge on any atom is 0.142 e. The fourth-order valence-electron chi connectivity index (χ4n) is 6.45. The van der Waals surface area contributed by atoms with Crippen LogP contribution < -0.4 is 40.1 Å². The minimum absolute atomic E-state index is 0.894. The van der Waals surface area contributed by atoms with Gasteiger partial charge < -0.3 is 54.8 Å². The first-order chi connectivity index (χ1) is 24.2. The third-order valence-electron chi connectivity index (χ3n) is 10.0. The highest BCUT2D eigenvalue weighted by Crippen LogP contribution is 2.31. The molecule has 0 bridgehead atoms. The van der Waals surface area contributed by atoms with Crippen LogP contribution >= 0.6 is 0 Å². The van der Waals surface area contributed by atoms with Crippen molar-refractivity contribution >= 4 is 34.1 Å². The van der Waals surface area contributed by atoms with Crippen LogP contribution in [-0.4, -0.2) is 150 Å². The Morgan fingerprint density at radius 1 is 0.440 bits per heavy atom. The molecule has 3 aromatic carbocycles. The molecule has 0 saturated carbocycles. The molecule has 11 heteroatoms. The number of methoxy groups -OCH3 is 2. The fourth-order valence-corrected chi connectivity index (χ4v) is 6.45. The summed E-state index contributed by atoms with van der Waals surface area (Å²) in [6.07, 6.45) is 0. The molecule has 3 N–H and O–H groups in total. The number of ether oxygens (including phenoxy) is 2. The number of hydrogen-bond donors (Lipinski definition) is 3. The topological polar surface area (TPSA) is 74.0 Å². The van der Waals surface area contributed by atoms with Crippen LogP contribution in [0.1, 0.15) is 5.56 Å². The molecular weight excluding hydrogens is 626 g/mol. The van der Waals surface area contributed by atoms with Gasteiger partial charge in [0.1, 0.15) is 11.5 Å². The molecule has 0 spiro atoms. The van der Waals surface area contributed by atoms with Crippen LogP contribution in [-0.2, 0) is 0 Å². The predicted molar refractivity (Wildman–Crippen MR) is 215 cm³/mol. The van der Waals surface area contributed by atoms with Crippen LogP contribution in [0, 0.1) is 6.92 Å². The molecular formula is C39H63N9O2. The van der Waals surface area contributed by atoms with Crippen LogP contribution in [0.2, 0.25) is 0 Å². The quantitative estimate of drug-likeness (QED) is 0.307. The van der Waals surface area contributed by atoms with E-state index in [1.807, 2.05) is 33.3 Å². The Labute approximate surface area is 302 Å². The largest absolute Gasteiger partial charge is 0.495 e. The van der Waals surface area contributed by atoms with Gasteiger partial charge in [-0.3, -0.25) is 0 Å². The van der Waals surface area contributed by atoms with Crippen LogP contribution in [0.5, 0.6) is 11.5 Å². The van der Waals surface area contributed by atoms with Gasteiger partial charge >= 0.3 is 0 Å². The Morgan fingerprint density at radius 3 is 1.04 bits per heavy atom. The average molecular weight is 690 g/mol. The number of rotatable bonds is 8. The van der Waals surface area contributed by atoms with Crippen LogP contribution in [0.4, 0.5) is 34.1 Å². The van der Waals surface area contributed by atoms with Crippen molar-refractivity contribution in [2.45, 2.75) is 6.92 Å². The number of likely N-dealkylation sites (N-methyl/N-ethyl adjacent to an activating group) is 3. The molecule has 3 aliphatic heterocycles. The van der Waals surface area contributed by atoms with E-state index < -0.39 is 0 Å².